The molecule has 2 heterocycles. The number of para-hydroxylation sites is 2. The van der Waals surface area contributed by atoms with Gasteiger partial charge in [0.05, 0.1) is 39.9 Å². The number of benzene rings is 9. The summed E-state index contributed by atoms with van der Waals surface area (Å²) in [6, 6.07) is 63.0. The Labute approximate surface area is 374 Å². The van der Waals surface area contributed by atoms with Gasteiger partial charge in [-0.2, -0.15) is 13.2 Å². The Balaban J connectivity index is 1.17. The molecule has 0 saturated heterocycles. The lowest BCUT2D eigenvalue weighted by Crippen LogP contribution is -2.05. The number of aryl methyl sites for hydroxylation is 3. The maximum Gasteiger partial charge on any atom is 0.416 e. The molecule has 3 nitrogen and oxygen atoms in total. The average molecular weight is 848 g/mol. The molecule has 312 valence electrons. The van der Waals surface area contributed by atoms with E-state index in [0.29, 0.717) is 22.4 Å². The van der Waals surface area contributed by atoms with Gasteiger partial charge >= 0.3 is 6.18 Å². The summed E-state index contributed by atoms with van der Waals surface area (Å²) in [5.74, 6) is 0. The van der Waals surface area contributed by atoms with Crippen molar-refractivity contribution >= 4 is 49.3 Å². The number of nitrogens with zero attached hydrogens (tertiary/aromatic N) is 3. The van der Waals surface area contributed by atoms with Gasteiger partial charge in [-0.05, 0) is 144 Å². The second-order valence-electron chi connectivity index (χ2n) is 17.0. The van der Waals surface area contributed by atoms with Crippen LogP contribution in [0.2, 0.25) is 0 Å². The van der Waals surface area contributed by atoms with E-state index in [-0.39, 0.29) is 0 Å². The van der Waals surface area contributed by atoms with Crippen molar-refractivity contribution in [2.75, 3.05) is 0 Å². The van der Waals surface area contributed by atoms with Gasteiger partial charge < -0.3 is 9.13 Å². The van der Waals surface area contributed by atoms with Gasteiger partial charge in [0.25, 0.3) is 0 Å². The van der Waals surface area contributed by atoms with E-state index in [9.17, 15) is 13.2 Å². The lowest BCUT2D eigenvalue weighted by Gasteiger charge is -2.19. The molecule has 2 aromatic heterocycles. The first-order valence-electron chi connectivity index (χ1n) is 21.6. The van der Waals surface area contributed by atoms with Gasteiger partial charge in [0.15, 0.2) is 5.69 Å². The van der Waals surface area contributed by atoms with Crippen molar-refractivity contribution in [1.82, 2.24) is 9.13 Å². The summed E-state index contributed by atoms with van der Waals surface area (Å²) in [7, 11) is 0. The lowest BCUT2D eigenvalue weighted by atomic mass is 9.93. The van der Waals surface area contributed by atoms with Crippen LogP contribution in [0, 0.1) is 27.3 Å². The Morgan fingerprint density at radius 3 is 1.55 bits per heavy atom. The molecule has 65 heavy (non-hydrogen) atoms. The zero-order chi connectivity index (χ0) is 44.6. The van der Waals surface area contributed by atoms with E-state index in [1.165, 1.54) is 17.2 Å². The molecule has 11 rings (SSSR count). The molecule has 9 aromatic carbocycles. The van der Waals surface area contributed by atoms with Crippen molar-refractivity contribution in [3.05, 3.63) is 222 Å². The first-order chi connectivity index (χ1) is 31.5. The molecule has 0 aliphatic carbocycles. The minimum Gasteiger partial charge on any atom is -0.309 e. The summed E-state index contributed by atoms with van der Waals surface area (Å²) in [6.45, 7) is 14.4. The van der Waals surface area contributed by atoms with E-state index in [0.717, 1.165) is 94.4 Å². The predicted molar refractivity (Wildman–Crippen MR) is 262 cm³/mol. The van der Waals surface area contributed by atoms with E-state index in [1.54, 1.807) is 13.0 Å². The van der Waals surface area contributed by atoms with Gasteiger partial charge in [-0.15, -0.1) is 0 Å². The molecule has 0 aliphatic rings. The van der Waals surface area contributed by atoms with Crippen molar-refractivity contribution in [3.8, 4) is 55.9 Å². The number of halogens is 3. The van der Waals surface area contributed by atoms with E-state index in [1.807, 2.05) is 36.4 Å². The molecule has 0 radical (unpaired) electrons. The Kier molecular flexibility index (Phi) is 9.34. The summed E-state index contributed by atoms with van der Waals surface area (Å²) in [5, 5.41) is 4.40. The van der Waals surface area contributed by atoms with Crippen LogP contribution in [0.25, 0.3) is 104 Å². The summed E-state index contributed by atoms with van der Waals surface area (Å²) < 4.78 is 46.2. The number of rotatable bonds is 6. The summed E-state index contributed by atoms with van der Waals surface area (Å²) in [6.07, 6.45) is -4.46. The number of aromatic nitrogens is 2. The zero-order valence-corrected chi connectivity index (χ0v) is 35.9. The van der Waals surface area contributed by atoms with Gasteiger partial charge in [0.2, 0.25) is 0 Å². The highest BCUT2D eigenvalue weighted by Gasteiger charge is 2.31. The fourth-order valence-electron chi connectivity index (χ4n) is 9.75. The van der Waals surface area contributed by atoms with Crippen LogP contribution in [0.1, 0.15) is 22.3 Å². The molecule has 0 saturated carbocycles. The molecular weight excluding hydrogens is 808 g/mol. The first-order valence-corrected chi connectivity index (χ1v) is 21.6. The SMILES string of the molecule is [C-]#[N+]c1ccc(-n2c3ccccc3c3cc(-c4cccc(C)c4)ccc32)cc1-c1cc(-c2ccc(C(F)(F)F)cc2C)ccc1-n1c2ccccc2c2cc(-c3cccc(C)c3)ccc21. The summed E-state index contributed by atoms with van der Waals surface area (Å²) in [5.41, 5.74) is 15.9. The minimum atomic E-state index is -4.46. The van der Waals surface area contributed by atoms with Crippen molar-refractivity contribution < 1.29 is 13.2 Å². The van der Waals surface area contributed by atoms with Crippen molar-refractivity contribution in [1.29, 1.82) is 0 Å². The largest absolute Gasteiger partial charge is 0.416 e. The van der Waals surface area contributed by atoms with E-state index >= 15 is 0 Å². The van der Waals surface area contributed by atoms with Crippen molar-refractivity contribution in [2.24, 2.45) is 0 Å². The van der Waals surface area contributed by atoms with Gasteiger partial charge in [0.1, 0.15) is 0 Å². The zero-order valence-electron chi connectivity index (χ0n) is 35.9. The highest BCUT2D eigenvalue weighted by molar-refractivity contribution is 6.12. The van der Waals surface area contributed by atoms with Crippen LogP contribution in [0.15, 0.2) is 188 Å². The monoisotopic (exact) mass is 847 g/mol. The molecule has 0 bridgehead atoms. The molecule has 0 unspecified atom stereocenters. The molecule has 0 amide bonds. The van der Waals surface area contributed by atoms with Gasteiger partial charge in [-0.1, -0.05) is 126 Å². The van der Waals surface area contributed by atoms with Gasteiger partial charge in [0, 0.05) is 27.2 Å². The van der Waals surface area contributed by atoms with E-state index < -0.39 is 11.7 Å². The molecule has 0 aliphatic heterocycles. The number of hydrogen-bond donors (Lipinski definition) is 0. The third-order valence-corrected chi connectivity index (χ3v) is 12.8. The van der Waals surface area contributed by atoms with Gasteiger partial charge in [-0.3, -0.25) is 0 Å². The Morgan fingerprint density at radius 1 is 0.415 bits per heavy atom. The van der Waals surface area contributed by atoms with Crippen LogP contribution < -0.4 is 0 Å². The van der Waals surface area contributed by atoms with Crippen LogP contribution in [0.4, 0.5) is 18.9 Å². The topological polar surface area (TPSA) is 14.2 Å². The second kappa shape index (κ2) is 15.3. The molecular formula is C59H40F3N3. The molecule has 11 aromatic rings. The first kappa shape index (κ1) is 39.7. The highest BCUT2D eigenvalue weighted by atomic mass is 19.4. The predicted octanol–water partition coefficient (Wildman–Crippen LogP) is 17.0. The van der Waals surface area contributed by atoms with Crippen LogP contribution in [0.3, 0.4) is 0 Å². The number of fused-ring (bicyclic) bond motifs is 6. The Bertz CT molecular complexity index is 3760. The molecule has 0 atom stereocenters. The summed E-state index contributed by atoms with van der Waals surface area (Å²) >= 11 is 0. The van der Waals surface area contributed by atoms with E-state index in [4.69, 9.17) is 6.57 Å². The maximum atomic E-state index is 13.9. The Hall–Kier alpha value is -8.14. The average Bonchev–Trinajstić information content (AvgIpc) is 3.83. The van der Waals surface area contributed by atoms with Crippen LogP contribution in [0.5, 0.6) is 0 Å². The normalized spacial score (nSPS) is 11.8. The van der Waals surface area contributed by atoms with Crippen LogP contribution in [-0.2, 0) is 6.18 Å². The number of hydrogen-bond acceptors (Lipinski definition) is 0. The standard InChI is InChI=1S/C59H40F3N3/c1-36-11-9-13-39(29-36)41-19-26-56-50(32-41)47-15-5-7-17-54(47)64(56)45-23-25-53(63-4)49(35-45)52-34-43(46-24-22-44(31-38(46)3)59(60,61)62)21-28-58(52)65-55-18-8-6-16-48(55)51-33-42(20-27-57(51)65)40-14-10-12-37(2)30-40/h5-35H,1-3H3. The van der Waals surface area contributed by atoms with Crippen LogP contribution in [-0.4, -0.2) is 9.13 Å². The van der Waals surface area contributed by atoms with Crippen LogP contribution >= 0.6 is 0 Å². The quantitative estimate of drug-likeness (QED) is 0.148. The number of alkyl halides is 3. The van der Waals surface area contributed by atoms with E-state index in [2.05, 4.69) is 161 Å². The molecule has 0 spiro atoms. The lowest BCUT2D eigenvalue weighted by molar-refractivity contribution is -0.137. The summed E-state index contributed by atoms with van der Waals surface area (Å²) in [4.78, 5) is 4.11. The molecule has 6 heteroatoms. The second-order valence-corrected chi connectivity index (χ2v) is 17.0. The highest BCUT2D eigenvalue weighted by Crippen LogP contribution is 2.45. The fourth-order valence-corrected chi connectivity index (χ4v) is 9.75. The Morgan fingerprint density at radius 2 is 0.969 bits per heavy atom. The fraction of sp³-hybridized carbons (Fsp3) is 0.0678. The maximum absolute atomic E-state index is 13.9. The van der Waals surface area contributed by atoms with Crippen molar-refractivity contribution in [3.63, 3.8) is 0 Å². The smallest absolute Gasteiger partial charge is 0.309 e. The third-order valence-electron chi connectivity index (χ3n) is 12.8. The molecule has 0 fully saturated rings. The molecule has 0 N–H and O–H groups in total. The van der Waals surface area contributed by atoms with Crippen molar-refractivity contribution in [2.45, 2.75) is 26.9 Å². The third kappa shape index (κ3) is 6.76. The van der Waals surface area contributed by atoms with Gasteiger partial charge in [-0.25, -0.2) is 4.85 Å². The minimum absolute atomic E-state index is 0.460.